The van der Waals surface area contributed by atoms with E-state index >= 15 is 0 Å². The van der Waals surface area contributed by atoms with Crippen LogP contribution in [0.5, 0.6) is 0 Å². The van der Waals surface area contributed by atoms with Gasteiger partial charge in [0.25, 0.3) is 0 Å². The quantitative estimate of drug-likeness (QED) is 0.803. The van der Waals surface area contributed by atoms with E-state index in [0.717, 1.165) is 4.88 Å². The maximum absolute atomic E-state index is 5.85. The molecule has 1 N–H and O–H groups in total. The van der Waals surface area contributed by atoms with Gasteiger partial charge in [-0.15, -0.1) is 16.4 Å². The Hall–Kier alpha value is -0.650. The molecule has 0 spiro atoms. The molecule has 0 aliphatic heterocycles. The first-order valence-electron chi connectivity index (χ1n) is 2.96. The van der Waals surface area contributed by atoms with E-state index in [1.54, 1.807) is 6.07 Å². The maximum Gasteiger partial charge on any atom is 0.191 e. The Labute approximate surface area is 81.5 Å². The minimum Gasteiger partial charge on any atom is -0.238 e. The van der Waals surface area contributed by atoms with E-state index in [4.69, 9.17) is 23.2 Å². The zero-order valence-electron chi connectivity index (χ0n) is 5.58. The van der Waals surface area contributed by atoms with Crippen molar-refractivity contribution in [2.45, 2.75) is 0 Å². The first-order valence-corrected chi connectivity index (χ1v) is 4.53. The second-order valence-corrected chi connectivity index (χ2v) is 4.07. The van der Waals surface area contributed by atoms with Gasteiger partial charge in [-0.25, -0.2) is 5.10 Å². The molecule has 0 aliphatic rings. The highest BCUT2D eigenvalue weighted by Gasteiger charge is 2.10. The van der Waals surface area contributed by atoms with Crippen molar-refractivity contribution in [3.63, 3.8) is 0 Å². The molecule has 2 heterocycles. The molecule has 0 aliphatic carbocycles. The Morgan fingerprint density at radius 1 is 1.42 bits per heavy atom. The lowest BCUT2D eigenvalue weighted by molar-refractivity contribution is 0.881. The molecular formula is C5H2Cl2N4S. The van der Waals surface area contributed by atoms with E-state index in [1.807, 2.05) is 0 Å². The number of hydrogen-bond donors (Lipinski definition) is 1. The topological polar surface area (TPSA) is 54.5 Å². The fourth-order valence-electron chi connectivity index (χ4n) is 0.758. The van der Waals surface area contributed by atoms with Crippen LogP contribution in [-0.4, -0.2) is 20.6 Å². The van der Waals surface area contributed by atoms with Gasteiger partial charge in [0.2, 0.25) is 0 Å². The number of thiophene rings is 1. The summed E-state index contributed by atoms with van der Waals surface area (Å²) in [5, 5.41) is 13.7. The van der Waals surface area contributed by atoms with Gasteiger partial charge in [-0.3, -0.25) is 0 Å². The highest BCUT2D eigenvalue weighted by molar-refractivity contribution is 7.20. The summed E-state index contributed by atoms with van der Waals surface area (Å²) in [7, 11) is 0. The normalized spacial score (nSPS) is 10.5. The Bertz CT molecular complexity index is 382. The van der Waals surface area contributed by atoms with E-state index in [1.165, 1.54) is 11.3 Å². The number of halogens is 2. The van der Waals surface area contributed by atoms with Gasteiger partial charge in [0.1, 0.15) is 0 Å². The third kappa shape index (κ3) is 1.31. The van der Waals surface area contributed by atoms with Crippen LogP contribution in [0.1, 0.15) is 0 Å². The summed E-state index contributed by atoms with van der Waals surface area (Å²) in [4.78, 5) is 0.756. The third-order valence-electron chi connectivity index (χ3n) is 1.22. The Morgan fingerprint density at radius 2 is 2.25 bits per heavy atom. The van der Waals surface area contributed by atoms with Crippen molar-refractivity contribution < 1.29 is 0 Å². The molecule has 0 bridgehead atoms. The van der Waals surface area contributed by atoms with E-state index in [2.05, 4.69) is 20.6 Å². The second kappa shape index (κ2) is 3.01. The van der Waals surface area contributed by atoms with Gasteiger partial charge in [0.15, 0.2) is 5.82 Å². The Balaban J connectivity index is 2.54. The zero-order chi connectivity index (χ0) is 8.55. The van der Waals surface area contributed by atoms with Gasteiger partial charge >= 0.3 is 0 Å². The predicted molar refractivity (Wildman–Crippen MR) is 47.5 cm³/mol. The smallest absolute Gasteiger partial charge is 0.191 e. The van der Waals surface area contributed by atoms with E-state index in [-0.39, 0.29) is 0 Å². The van der Waals surface area contributed by atoms with E-state index < -0.39 is 0 Å². The summed E-state index contributed by atoms with van der Waals surface area (Å²) in [5.41, 5.74) is 0. The number of rotatable bonds is 1. The van der Waals surface area contributed by atoms with Crippen LogP contribution in [0.2, 0.25) is 9.36 Å². The average Bonchev–Trinajstić information content (AvgIpc) is 2.58. The van der Waals surface area contributed by atoms with Crippen LogP contribution in [0, 0.1) is 0 Å². The lowest BCUT2D eigenvalue weighted by Gasteiger charge is -1.86. The van der Waals surface area contributed by atoms with E-state index in [0.29, 0.717) is 15.2 Å². The minimum absolute atomic E-state index is 0.539. The molecule has 0 fully saturated rings. The first kappa shape index (κ1) is 7.97. The van der Waals surface area contributed by atoms with Gasteiger partial charge in [0.05, 0.1) is 14.2 Å². The zero-order valence-corrected chi connectivity index (χ0v) is 7.91. The van der Waals surface area contributed by atoms with Gasteiger partial charge in [-0.05, 0) is 16.5 Å². The fourth-order valence-corrected chi connectivity index (χ4v) is 2.24. The van der Waals surface area contributed by atoms with Crippen molar-refractivity contribution in [3.8, 4) is 10.7 Å². The standard InChI is InChI=1S/C5H2Cl2N4S/c6-2-1-3(7)12-4(2)5-8-10-11-9-5/h1H,(H,8,9,10,11). The minimum atomic E-state index is 0.539. The summed E-state index contributed by atoms with van der Waals surface area (Å²) in [6, 6.07) is 1.66. The molecule has 0 aromatic carbocycles. The van der Waals surface area contributed by atoms with Crippen LogP contribution < -0.4 is 0 Å². The highest BCUT2D eigenvalue weighted by Crippen LogP contribution is 2.36. The summed E-state index contributed by atoms with van der Waals surface area (Å²) in [6.45, 7) is 0. The van der Waals surface area contributed by atoms with Crippen LogP contribution in [0.25, 0.3) is 10.7 Å². The molecule has 0 amide bonds. The Kier molecular flexibility index (Phi) is 2.00. The molecule has 2 aromatic heterocycles. The van der Waals surface area contributed by atoms with Gasteiger partial charge < -0.3 is 0 Å². The molecule has 0 saturated heterocycles. The largest absolute Gasteiger partial charge is 0.238 e. The van der Waals surface area contributed by atoms with Gasteiger partial charge in [0, 0.05) is 0 Å². The highest BCUT2D eigenvalue weighted by atomic mass is 35.5. The fraction of sp³-hybridized carbons (Fsp3) is 0. The summed E-state index contributed by atoms with van der Waals surface area (Å²) >= 11 is 12.9. The molecule has 2 aromatic rings. The van der Waals surface area contributed by atoms with Gasteiger partial charge in [-0.1, -0.05) is 23.2 Å². The first-order chi connectivity index (χ1) is 5.77. The molecule has 0 saturated carbocycles. The Morgan fingerprint density at radius 3 is 2.75 bits per heavy atom. The van der Waals surface area contributed by atoms with Crippen LogP contribution in [0.15, 0.2) is 6.07 Å². The number of hydrogen-bond acceptors (Lipinski definition) is 4. The SMILES string of the molecule is Clc1cc(Cl)c(-c2nnn[nH]2)s1. The number of aromatic amines is 1. The number of nitrogens with zero attached hydrogens (tertiary/aromatic N) is 3. The van der Waals surface area contributed by atoms with Crippen molar-refractivity contribution in [1.29, 1.82) is 0 Å². The van der Waals surface area contributed by atoms with Crippen LogP contribution in [0.4, 0.5) is 0 Å². The molecule has 0 atom stereocenters. The second-order valence-electron chi connectivity index (χ2n) is 1.98. The van der Waals surface area contributed by atoms with Crippen molar-refractivity contribution in [2.75, 3.05) is 0 Å². The van der Waals surface area contributed by atoms with Crippen LogP contribution >= 0.6 is 34.5 Å². The van der Waals surface area contributed by atoms with E-state index in [9.17, 15) is 0 Å². The third-order valence-corrected chi connectivity index (χ3v) is 2.90. The number of tetrazole rings is 1. The molecule has 0 unspecified atom stereocenters. The van der Waals surface area contributed by atoms with Crippen LogP contribution in [0.3, 0.4) is 0 Å². The van der Waals surface area contributed by atoms with Crippen molar-refractivity contribution in [2.24, 2.45) is 0 Å². The predicted octanol–water partition coefficient (Wildman–Crippen LogP) is 2.23. The molecular weight excluding hydrogens is 219 g/mol. The molecule has 2 rings (SSSR count). The maximum atomic E-state index is 5.85. The molecule has 62 valence electrons. The number of aromatic nitrogens is 4. The average molecular weight is 221 g/mol. The summed E-state index contributed by atoms with van der Waals surface area (Å²) in [6.07, 6.45) is 0. The molecule has 4 nitrogen and oxygen atoms in total. The van der Waals surface area contributed by atoms with Crippen molar-refractivity contribution in [1.82, 2.24) is 20.6 Å². The number of nitrogens with one attached hydrogen (secondary N) is 1. The molecule has 0 radical (unpaired) electrons. The monoisotopic (exact) mass is 220 g/mol. The molecule has 7 heteroatoms. The van der Waals surface area contributed by atoms with Crippen LogP contribution in [-0.2, 0) is 0 Å². The number of H-pyrrole nitrogens is 1. The summed E-state index contributed by atoms with van der Waals surface area (Å²) < 4.78 is 0.617. The lowest BCUT2D eigenvalue weighted by atomic mass is 10.4. The lowest BCUT2D eigenvalue weighted by Crippen LogP contribution is -1.75. The molecule has 12 heavy (non-hydrogen) atoms. The van der Waals surface area contributed by atoms with Crippen molar-refractivity contribution >= 4 is 34.5 Å². The van der Waals surface area contributed by atoms with Gasteiger partial charge in [-0.2, -0.15) is 0 Å². The van der Waals surface area contributed by atoms with Crippen molar-refractivity contribution in [3.05, 3.63) is 15.4 Å². The summed E-state index contributed by atoms with van der Waals surface area (Å²) in [5.74, 6) is 0.539.